The van der Waals surface area contributed by atoms with Gasteiger partial charge in [-0.25, -0.2) is 9.79 Å². The van der Waals surface area contributed by atoms with Crippen LogP contribution in [0.1, 0.15) is 27.0 Å². The normalized spacial score (nSPS) is 15.5. The van der Waals surface area contributed by atoms with Crippen molar-refractivity contribution in [3.05, 3.63) is 95.1 Å². The van der Waals surface area contributed by atoms with Gasteiger partial charge in [0.05, 0.1) is 22.5 Å². The monoisotopic (exact) mass is 468 g/mol. The lowest BCUT2D eigenvalue weighted by Gasteiger charge is -2.32. The van der Waals surface area contributed by atoms with Gasteiger partial charge < -0.3 is 20.1 Å². The van der Waals surface area contributed by atoms with Gasteiger partial charge in [0.2, 0.25) is 0 Å². The number of nitrogens with zero attached hydrogens (tertiary/aromatic N) is 3. The Balaban J connectivity index is 1.58. The van der Waals surface area contributed by atoms with E-state index in [-0.39, 0.29) is 11.4 Å². The van der Waals surface area contributed by atoms with Gasteiger partial charge in [-0.3, -0.25) is 4.90 Å². The van der Waals surface area contributed by atoms with Gasteiger partial charge in [-0.1, -0.05) is 42.5 Å². The van der Waals surface area contributed by atoms with E-state index in [0.717, 1.165) is 44.0 Å². The standard InChI is InChI=1S/C28H28N4O3/c1-31-12-14-32(15-13-31)18-19-6-5-9-22(16-19)29-26(20-7-3-2-4-8-20)25-23-17-21(28(34)35)10-11-24(23)30-27(25)33/h2-11,16-17,30,33H,12-15,18H2,1H3,(H,34,35). The number of nitrogens with one attached hydrogen (secondary N) is 1. The summed E-state index contributed by atoms with van der Waals surface area (Å²) in [6.45, 7) is 5.06. The average molecular weight is 469 g/mol. The number of hydrogen-bond acceptors (Lipinski definition) is 5. The van der Waals surface area contributed by atoms with Crippen molar-refractivity contribution in [2.75, 3.05) is 33.2 Å². The lowest BCUT2D eigenvalue weighted by Crippen LogP contribution is -2.43. The Morgan fingerprint density at radius 1 is 0.943 bits per heavy atom. The molecule has 0 amide bonds. The number of aromatic nitrogens is 1. The van der Waals surface area contributed by atoms with Crippen molar-refractivity contribution >= 4 is 28.3 Å². The fraction of sp³-hybridized carbons (Fsp3) is 0.214. The third-order valence-corrected chi connectivity index (χ3v) is 6.46. The van der Waals surface area contributed by atoms with E-state index < -0.39 is 5.97 Å². The summed E-state index contributed by atoms with van der Waals surface area (Å²) in [6.07, 6.45) is 0. The zero-order valence-electron chi connectivity index (χ0n) is 19.6. The molecule has 7 heteroatoms. The van der Waals surface area contributed by atoms with Crippen LogP contribution in [0.3, 0.4) is 0 Å². The number of aromatic hydroxyl groups is 1. The molecule has 3 N–H and O–H groups in total. The summed E-state index contributed by atoms with van der Waals surface area (Å²) < 4.78 is 0. The molecule has 0 aliphatic carbocycles. The van der Waals surface area contributed by atoms with Crippen LogP contribution in [0.2, 0.25) is 0 Å². The van der Waals surface area contributed by atoms with Gasteiger partial charge in [0, 0.05) is 49.2 Å². The number of aromatic amines is 1. The van der Waals surface area contributed by atoms with Crippen molar-refractivity contribution in [2.24, 2.45) is 4.99 Å². The number of aromatic carboxylic acids is 1. The maximum Gasteiger partial charge on any atom is 0.335 e. The Kier molecular flexibility index (Phi) is 6.35. The quantitative estimate of drug-likeness (QED) is 0.363. The van der Waals surface area contributed by atoms with Gasteiger partial charge in [0.15, 0.2) is 5.88 Å². The van der Waals surface area contributed by atoms with Gasteiger partial charge in [0.25, 0.3) is 0 Å². The zero-order valence-corrected chi connectivity index (χ0v) is 19.6. The van der Waals surface area contributed by atoms with E-state index in [1.165, 1.54) is 11.6 Å². The summed E-state index contributed by atoms with van der Waals surface area (Å²) in [5.74, 6) is -1.06. The van der Waals surface area contributed by atoms with Crippen molar-refractivity contribution < 1.29 is 15.0 Å². The maximum absolute atomic E-state index is 11.6. The highest BCUT2D eigenvalue weighted by atomic mass is 16.4. The van der Waals surface area contributed by atoms with Gasteiger partial charge in [-0.15, -0.1) is 0 Å². The molecule has 0 saturated carbocycles. The second kappa shape index (κ2) is 9.74. The second-order valence-corrected chi connectivity index (χ2v) is 8.99. The predicted molar refractivity (Wildman–Crippen MR) is 138 cm³/mol. The fourth-order valence-corrected chi connectivity index (χ4v) is 4.53. The Bertz CT molecular complexity index is 1390. The number of fused-ring (bicyclic) bond motifs is 1. The molecule has 0 bridgehead atoms. The summed E-state index contributed by atoms with van der Waals surface area (Å²) in [5, 5.41) is 21.0. The molecule has 1 aliphatic rings. The van der Waals surface area contributed by atoms with Crippen LogP contribution < -0.4 is 0 Å². The van der Waals surface area contributed by atoms with Gasteiger partial charge in [0.1, 0.15) is 0 Å². The second-order valence-electron chi connectivity index (χ2n) is 8.99. The maximum atomic E-state index is 11.6. The number of carboxylic acids is 1. The van der Waals surface area contributed by atoms with Crippen molar-refractivity contribution in [3.63, 3.8) is 0 Å². The highest BCUT2D eigenvalue weighted by Crippen LogP contribution is 2.32. The average Bonchev–Trinajstić information content (AvgIpc) is 3.19. The summed E-state index contributed by atoms with van der Waals surface area (Å²) in [7, 11) is 2.15. The number of carboxylic acid groups (broad SMARTS) is 1. The summed E-state index contributed by atoms with van der Waals surface area (Å²) in [4.78, 5) is 24.3. The molecule has 0 unspecified atom stereocenters. The predicted octanol–water partition coefficient (Wildman–Crippen LogP) is 4.49. The number of H-pyrrole nitrogens is 1. The lowest BCUT2D eigenvalue weighted by molar-refractivity contribution is 0.0697. The topological polar surface area (TPSA) is 92.2 Å². The molecular formula is C28H28N4O3. The SMILES string of the molecule is CN1CCN(Cc2cccc(N=C(c3ccccc3)c3c(O)[nH]c4ccc(C(=O)O)cc34)c2)CC1. The van der Waals surface area contributed by atoms with Crippen molar-refractivity contribution in [2.45, 2.75) is 6.54 Å². The van der Waals surface area contributed by atoms with Gasteiger partial charge >= 0.3 is 5.97 Å². The van der Waals surface area contributed by atoms with Crippen LogP contribution in [0.4, 0.5) is 5.69 Å². The lowest BCUT2D eigenvalue weighted by atomic mass is 9.99. The molecule has 1 fully saturated rings. The van der Waals surface area contributed by atoms with Crippen LogP contribution >= 0.6 is 0 Å². The van der Waals surface area contributed by atoms with E-state index >= 15 is 0 Å². The van der Waals surface area contributed by atoms with Crippen molar-refractivity contribution in [3.8, 4) is 5.88 Å². The highest BCUT2D eigenvalue weighted by Gasteiger charge is 2.20. The highest BCUT2D eigenvalue weighted by molar-refractivity contribution is 6.22. The van der Waals surface area contributed by atoms with E-state index in [1.54, 1.807) is 12.1 Å². The van der Waals surface area contributed by atoms with Gasteiger partial charge in [-0.05, 0) is 42.9 Å². The minimum absolute atomic E-state index is 0.0428. The first-order valence-corrected chi connectivity index (χ1v) is 11.7. The third kappa shape index (κ3) is 4.96. The number of carbonyl (C=O) groups is 1. The summed E-state index contributed by atoms with van der Waals surface area (Å²) in [5.41, 5.74) is 4.65. The molecule has 1 saturated heterocycles. The Labute approximate surface area is 204 Å². The first-order valence-electron chi connectivity index (χ1n) is 11.7. The molecule has 3 aromatic carbocycles. The first-order chi connectivity index (χ1) is 17.0. The molecule has 178 valence electrons. The van der Waals surface area contributed by atoms with Crippen molar-refractivity contribution in [1.29, 1.82) is 0 Å². The van der Waals surface area contributed by atoms with Gasteiger partial charge in [-0.2, -0.15) is 0 Å². The number of rotatable bonds is 6. The van der Waals surface area contributed by atoms with E-state index in [4.69, 9.17) is 4.99 Å². The smallest absolute Gasteiger partial charge is 0.335 e. The molecule has 1 aliphatic heterocycles. The van der Waals surface area contributed by atoms with Crippen LogP contribution in [0.15, 0.2) is 77.8 Å². The largest absolute Gasteiger partial charge is 0.494 e. The molecule has 4 aromatic rings. The molecule has 2 heterocycles. The zero-order chi connectivity index (χ0) is 24.4. The molecule has 0 spiro atoms. The van der Waals surface area contributed by atoms with Crippen LogP contribution in [0.5, 0.6) is 5.88 Å². The molecule has 1 aromatic heterocycles. The summed E-state index contributed by atoms with van der Waals surface area (Å²) in [6, 6.07) is 22.5. The van der Waals surface area contributed by atoms with Crippen molar-refractivity contribution in [1.82, 2.24) is 14.8 Å². The van der Waals surface area contributed by atoms with Crippen LogP contribution in [0.25, 0.3) is 10.9 Å². The number of benzene rings is 3. The third-order valence-electron chi connectivity index (χ3n) is 6.46. The first kappa shape index (κ1) is 22.8. The fourth-order valence-electron chi connectivity index (χ4n) is 4.53. The number of hydrogen-bond donors (Lipinski definition) is 3. The molecular weight excluding hydrogens is 440 g/mol. The van der Waals surface area contributed by atoms with Crippen LogP contribution in [-0.4, -0.2) is 69.9 Å². The molecule has 0 radical (unpaired) electrons. The van der Waals surface area contributed by atoms with E-state index in [2.05, 4.69) is 34.0 Å². The number of aliphatic imine (C=N–C) groups is 1. The Morgan fingerprint density at radius 2 is 1.71 bits per heavy atom. The van der Waals surface area contributed by atoms with E-state index in [0.29, 0.717) is 22.2 Å². The molecule has 5 rings (SSSR count). The summed E-state index contributed by atoms with van der Waals surface area (Å²) >= 11 is 0. The molecule has 7 nitrogen and oxygen atoms in total. The Hall–Kier alpha value is -3.94. The minimum atomic E-state index is -1.02. The van der Waals surface area contributed by atoms with E-state index in [9.17, 15) is 15.0 Å². The number of likely N-dealkylation sites (N-methyl/N-ethyl adjacent to an activating group) is 1. The van der Waals surface area contributed by atoms with Crippen LogP contribution in [0, 0.1) is 0 Å². The molecule has 0 atom stereocenters. The number of piperazine rings is 1. The minimum Gasteiger partial charge on any atom is -0.494 e. The Morgan fingerprint density at radius 3 is 2.46 bits per heavy atom. The van der Waals surface area contributed by atoms with E-state index in [1.807, 2.05) is 42.5 Å². The molecule has 35 heavy (non-hydrogen) atoms. The van der Waals surface area contributed by atoms with Crippen LogP contribution in [-0.2, 0) is 6.54 Å².